The summed E-state index contributed by atoms with van der Waals surface area (Å²) in [5.41, 5.74) is 0. The molecule has 0 saturated carbocycles. The minimum atomic E-state index is -3.09. The van der Waals surface area contributed by atoms with E-state index in [1.165, 1.54) is 0 Å². The second-order valence-electron chi connectivity index (χ2n) is 2.43. The fraction of sp³-hybridized carbons (Fsp3) is 0.600. The summed E-state index contributed by atoms with van der Waals surface area (Å²) in [7, 11) is -3.09. The first kappa shape index (κ1) is 9.14. The van der Waals surface area contributed by atoms with Crippen molar-refractivity contribution in [2.75, 3.05) is 6.26 Å². The van der Waals surface area contributed by atoms with Crippen LogP contribution in [0.3, 0.4) is 0 Å². The minimum Gasteiger partial charge on any atom is -0.388 e. The lowest BCUT2D eigenvalue weighted by Gasteiger charge is -1.90. The summed E-state index contributed by atoms with van der Waals surface area (Å²) in [4.78, 5) is 3.72. The Balaban J connectivity index is 2.78. The smallest absolute Gasteiger partial charge is 0.176 e. The van der Waals surface area contributed by atoms with Gasteiger partial charge in [-0.3, -0.25) is 5.10 Å². The Morgan fingerprint density at radius 2 is 2.25 bits per heavy atom. The molecule has 0 unspecified atom stereocenters. The van der Waals surface area contributed by atoms with Crippen LogP contribution in [0.15, 0.2) is 0 Å². The minimum absolute atomic E-state index is 0.181. The molecule has 7 heteroatoms. The molecule has 0 fully saturated rings. The molecule has 1 heterocycles. The van der Waals surface area contributed by atoms with E-state index in [1.807, 2.05) is 0 Å². The zero-order chi connectivity index (χ0) is 9.19. The molecule has 1 aromatic rings. The summed E-state index contributed by atoms with van der Waals surface area (Å²) < 4.78 is 21.5. The van der Waals surface area contributed by atoms with Gasteiger partial charge in [0.15, 0.2) is 15.7 Å². The van der Waals surface area contributed by atoms with Crippen molar-refractivity contribution in [1.29, 1.82) is 0 Å². The van der Waals surface area contributed by atoms with Crippen LogP contribution < -0.4 is 0 Å². The van der Waals surface area contributed by atoms with E-state index in [9.17, 15) is 8.42 Å². The highest BCUT2D eigenvalue weighted by molar-refractivity contribution is 7.89. The molecule has 0 amide bonds. The second-order valence-corrected chi connectivity index (χ2v) is 4.57. The number of aromatic amines is 1. The molecular weight excluding hydrogens is 182 g/mol. The fourth-order valence-corrected chi connectivity index (χ4v) is 1.34. The highest BCUT2D eigenvalue weighted by Gasteiger charge is 2.08. The van der Waals surface area contributed by atoms with Crippen molar-refractivity contribution in [2.45, 2.75) is 12.4 Å². The molecular formula is C5H9N3O3S. The van der Waals surface area contributed by atoms with Gasteiger partial charge in [0.25, 0.3) is 0 Å². The molecule has 0 spiro atoms. The quantitative estimate of drug-likeness (QED) is 0.628. The number of nitrogens with one attached hydrogen (secondary N) is 1. The number of sulfone groups is 1. The third-order valence-electron chi connectivity index (χ3n) is 1.12. The number of aromatic nitrogens is 3. The van der Waals surface area contributed by atoms with E-state index in [4.69, 9.17) is 5.11 Å². The number of aliphatic hydroxyl groups excluding tert-OH is 1. The van der Waals surface area contributed by atoms with Crippen LogP contribution in [0.25, 0.3) is 0 Å². The topological polar surface area (TPSA) is 95.9 Å². The molecule has 0 aliphatic heterocycles. The van der Waals surface area contributed by atoms with Gasteiger partial charge in [0.05, 0.1) is 0 Å². The normalized spacial score (nSPS) is 11.8. The Morgan fingerprint density at radius 1 is 1.58 bits per heavy atom. The largest absolute Gasteiger partial charge is 0.388 e. The van der Waals surface area contributed by atoms with Crippen molar-refractivity contribution in [2.24, 2.45) is 0 Å². The molecule has 68 valence electrons. The first-order valence-corrected chi connectivity index (χ1v) is 5.26. The first-order chi connectivity index (χ1) is 5.51. The molecule has 0 atom stereocenters. The van der Waals surface area contributed by atoms with Crippen LogP contribution in [0.2, 0.25) is 0 Å². The Morgan fingerprint density at radius 3 is 2.67 bits per heavy atom. The average molecular weight is 191 g/mol. The van der Waals surface area contributed by atoms with Crippen LogP contribution in [0.5, 0.6) is 0 Å². The van der Waals surface area contributed by atoms with Crippen molar-refractivity contribution in [1.82, 2.24) is 15.2 Å². The lowest BCUT2D eigenvalue weighted by Crippen LogP contribution is -2.02. The van der Waals surface area contributed by atoms with Crippen molar-refractivity contribution < 1.29 is 13.5 Å². The summed E-state index contributed by atoms with van der Waals surface area (Å²) >= 11 is 0. The standard InChI is InChI=1S/C5H9N3O3S/c1-12(10,11)3-5-6-4(2-9)7-8-5/h9H,2-3H2,1H3,(H,6,7,8). The zero-order valence-electron chi connectivity index (χ0n) is 6.48. The Hall–Kier alpha value is -0.950. The van der Waals surface area contributed by atoms with Gasteiger partial charge in [0.1, 0.15) is 18.2 Å². The fourth-order valence-electron chi connectivity index (χ4n) is 0.718. The van der Waals surface area contributed by atoms with Crippen molar-refractivity contribution in [3.8, 4) is 0 Å². The van der Waals surface area contributed by atoms with E-state index in [0.717, 1.165) is 6.26 Å². The molecule has 0 bridgehead atoms. The van der Waals surface area contributed by atoms with Crippen molar-refractivity contribution in [3.63, 3.8) is 0 Å². The van der Waals surface area contributed by atoms with E-state index in [-0.39, 0.29) is 24.0 Å². The van der Waals surface area contributed by atoms with Crippen LogP contribution in [-0.4, -0.2) is 35.0 Å². The monoisotopic (exact) mass is 191 g/mol. The van der Waals surface area contributed by atoms with Crippen LogP contribution in [0.4, 0.5) is 0 Å². The Bertz CT molecular complexity index is 356. The molecule has 0 radical (unpaired) electrons. The first-order valence-electron chi connectivity index (χ1n) is 3.20. The van der Waals surface area contributed by atoms with Crippen LogP contribution in [0, 0.1) is 0 Å². The van der Waals surface area contributed by atoms with Gasteiger partial charge < -0.3 is 5.11 Å². The summed E-state index contributed by atoms with van der Waals surface area (Å²) in [6.07, 6.45) is 1.11. The SMILES string of the molecule is CS(=O)(=O)Cc1nc(CO)n[nH]1. The van der Waals surface area contributed by atoms with Gasteiger partial charge in [-0.2, -0.15) is 5.10 Å². The van der Waals surface area contributed by atoms with Gasteiger partial charge in [-0.1, -0.05) is 0 Å². The lowest BCUT2D eigenvalue weighted by atomic mass is 10.6. The molecule has 0 aromatic carbocycles. The number of aliphatic hydroxyl groups is 1. The third kappa shape index (κ3) is 2.59. The maximum atomic E-state index is 10.7. The maximum absolute atomic E-state index is 10.7. The van der Waals surface area contributed by atoms with Gasteiger partial charge in [0, 0.05) is 6.26 Å². The van der Waals surface area contributed by atoms with Gasteiger partial charge in [-0.25, -0.2) is 13.4 Å². The number of hydrogen-bond donors (Lipinski definition) is 2. The van der Waals surface area contributed by atoms with E-state index < -0.39 is 9.84 Å². The summed E-state index contributed by atoms with van der Waals surface area (Å²) in [5, 5.41) is 14.5. The molecule has 0 aliphatic carbocycles. The number of rotatable bonds is 3. The number of nitrogens with zero attached hydrogens (tertiary/aromatic N) is 2. The summed E-state index contributed by atoms with van der Waals surface area (Å²) in [6.45, 7) is -0.291. The third-order valence-corrected chi connectivity index (χ3v) is 1.92. The predicted molar refractivity (Wildman–Crippen MR) is 40.9 cm³/mol. The summed E-state index contributed by atoms with van der Waals surface area (Å²) in [5.74, 6) is 0.273. The van der Waals surface area contributed by atoms with Crippen molar-refractivity contribution >= 4 is 9.84 Å². The van der Waals surface area contributed by atoms with Gasteiger partial charge in [-0.15, -0.1) is 0 Å². The molecule has 0 saturated heterocycles. The molecule has 12 heavy (non-hydrogen) atoms. The predicted octanol–water partition coefficient (Wildman–Crippen LogP) is -1.16. The second kappa shape index (κ2) is 3.20. The maximum Gasteiger partial charge on any atom is 0.176 e. The van der Waals surface area contributed by atoms with Gasteiger partial charge in [-0.05, 0) is 0 Å². The van der Waals surface area contributed by atoms with Gasteiger partial charge in [0.2, 0.25) is 0 Å². The average Bonchev–Trinajstić information content (AvgIpc) is 2.32. The zero-order valence-corrected chi connectivity index (χ0v) is 7.30. The molecule has 1 aromatic heterocycles. The number of H-pyrrole nitrogens is 1. The van der Waals surface area contributed by atoms with Crippen LogP contribution in [0.1, 0.15) is 11.6 Å². The van der Waals surface area contributed by atoms with E-state index in [1.54, 1.807) is 0 Å². The highest BCUT2D eigenvalue weighted by atomic mass is 32.2. The van der Waals surface area contributed by atoms with Gasteiger partial charge >= 0.3 is 0 Å². The molecule has 6 nitrogen and oxygen atoms in total. The molecule has 2 N–H and O–H groups in total. The number of hydrogen-bond acceptors (Lipinski definition) is 5. The summed E-state index contributed by atoms with van der Waals surface area (Å²) in [6, 6.07) is 0. The molecule has 0 aliphatic rings. The van der Waals surface area contributed by atoms with E-state index in [0.29, 0.717) is 0 Å². The highest BCUT2D eigenvalue weighted by Crippen LogP contribution is 1.98. The van der Waals surface area contributed by atoms with E-state index >= 15 is 0 Å². The Labute approximate surface area is 69.6 Å². The van der Waals surface area contributed by atoms with Crippen LogP contribution in [-0.2, 0) is 22.2 Å². The molecule has 1 rings (SSSR count). The van der Waals surface area contributed by atoms with Crippen molar-refractivity contribution in [3.05, 3.63) is 11.6 Å². The van der Waals surface area contributed by atoms with E-state index in [2.05, 4.69) is 15.2 Å². The van der Waals surface area contributed by atoms with Crippen LogP contribution >= 0.6 is 0 Å². The lowest BCUT2D eigenvalue weighted by molar-refractivity contribution is 0.272. The Kier molecular flexibility index (Phi) is 2.43.